The fourth-order valence-corrected chi connectivity index (χ4v) is 1.78. The summed E-state index contributed by atoms with van der Waals surface area (Å²) in [5.41, 5.74) is 1.03. The van der Waals surface area contributed by atoms with Crippen molar-refractivity contribution in [2.45, 2.75) is 6.92 Å². The third kappa shape index (κ3) is 1.89. The summed E-state index contributed by atoms with van der Waals surface area (Å²) in [4.78, 5) is 22.0. The Labute approximate surface area is 74.5 Å². The number of rotatable bonds is 3. The first-order valence-electron chi connectivity index (χ1n) is 3.45. The molecule has 2 nitrogen and oxygen atoms in total. The van der Waals surface area contributed by atoms with E-state index < -0.39 is 0 Å². The number of hydrogen-bond acceptors (Lipinski definition) is 3. The number of aryl methyl sites for hydroxylation is 1. The van der Waals surface area contributed by atoms with E-state index in [1.165, 1.54) is 17.4 Å². The van der Waals surface area contributed by atoms with E-state index in [0.29, 0.717) is 4.88 Å². The number of allylic oxidation sites excluding steroid dienone is 1. The van der Waals surface area contributed by atoms with Crippen LogP contribution in [-0.2, 0) is 4.79 Å². The summed E-state index contributed by atoms with van der Waals surface area (Å²) in [6, 6.07) is 1.81. The maximum absolute atomic E-state index is 10.4. The molecule has 1 heterocycles. The molecule has 0 aliphatic rings. The van der Waals surface area contributed by atoms with Crippen LogP contribution in [0.3, 0.4) is 0 Å². The first-order chi connectivity index (χ1) is 5.77. The van der Waals surface area contributed by atoms with Crippen molar-refractivity contribution in [3.63, 3.8) is 0 Å². The summed E-state index contributed by atoms with van der Waals surface area (Å²) >= 11 is 1.39. The molecule has 0 spiro atoms. The first-order valence-corrected chi connectivity index (χ1v) is 4.27. The lowest BCUT2D eigenvalue weighted by molar-refractivity contribution is -0.104. The molecule has 0 unspecified atom stereocenters. The summed E-state index contributed by atoms with van der Waals surface area (Å²) in [5, 5.41) is 0. The van der Waals surface area contributed by atoms with Crippen molar-refractivity contribution in [3.05, 3.63) is 27.5 Å². The largest absolute Gasteiger partial charge is 0.299 e. The first kappa shape index (κ1) is 8.87. The minimum Gasteiger partial charge on any atom is -0.299 e. The van der Waals surface area contributed by atoms with Gasteiger partial charge >= 0.3 is 0 Å². The van der Waals surface area contributed by atoms with E-state index >= 15 is 0 Å². The Balaban J connectivity index is 2.98. The molecule has 1 aromatic rings. The summed E-state index contributed by atoms with van der Waals surface area (Å²) < 4.78 is 0. The molecular weight excluding hydrogens is 172 g/mol. The highest BCUT2D eigenvalue weighted by molar-refractivity contribution is 7.14. The summed E-state index contributed by atoms with van der Waals surface area (Å²) in [6.07, 6.45) is 4.67. The molecule has 1 aromatic heterocycles. The lowest BCUT2D eigenvalue weighted by atomic mass is 10.2. The fraction of sp³-hybridized carbons (Fsp3) is 0.111. The van der Waals surface area contributed by atoms with Crippen molar-refractivity contribution < 1.29 is 9.59 Å². The maximum atomic E-state index is 10.4. The van der Waals surface area contributed by atoms with Crippen LogP contribution in [0.25, 0.3) is 6.08 Å². The van der Waals surface area contributed by atoms with Crippen LogP contribution < -0.4 is 0 Å². The zero-order chi connectivity index (χ0) is 8.97. The number of aldehydes is 2. The van der Waals surface area contributed by atoms with E-state index in [-0.39, 0.29) is 0 Å². The predicted molar refractivity (Wildman–Crippen MR) is 49.5 cm³/mol. The van der Waals surface area contributed by atoms with Crippen molar-refractivity contribution in [2.24, 2.45) is 0 Å². The number of carbonyl (C=O) groups is 2. The molecule has 1 rings (SSSR count). The van der Waals surface area contributed by atoms with E-state index in [4.69, 9.17) is 0 Å². The SMILES string of the molecule is Cc1cc(C=O)sc1C=CC=O. The van der Waals surface area contributed by atoms with E-state index in [1.807, 2.05) is 13.0 Å². The molecule has 0 atom stereocenters. The smallest absolute Gasteiger partial charge is 0.160 e. The fourth-order valence-electron chi connectivity index (χ4n) is 0.872. The predicted octanol–water partition coefficient (Wildman–Crippen LogP) is 2.08. The number of thiophene rings is 1. The average Bonchev–Trinajstić information content (AvgIpc) is 2.43. The van der Waals surface area contributed by atoms with Gasteiger partial charge in [-0.25, -0.2) is 0 Å². The van der Waals surface area contributed by atoms with Crippen LogP contribution in [-0.4, -0.2) is 12.6 Å². The number of carbonyl (C=O) groups excluding carboxylic acids is 2. The second kappa shape index (κ2) is 3.97. The van der Waals surface area contributed by atoms with E-state index in [0.717, 1.165) is 23.0 Å². The monoisotopic (exact) mass is 180 g/mol. The van der Waals surface area contributed by atoms with Crippen LogP contribution in [0, 0.1) is 6.92 Å². The summed E-state index contributed by atoms with van der Waals surface area (Å²) in [7, 11) is 0. The van der Waals surface area contributed by atoms with E-state index in [1.54, 1.807) is 6.08 Å². The molecule has 0 aliphatic heterocycles. The lowest BCUT2D eigenvalue weighted by Gasteiger charge is -1.84. The van der Waals surface area contributed by atoms with Crippen LogP contribution in [0.1, 0.15) is 20.1 Å². The zero-order valence-corrected chi connectivity index (χ0v) is 7.43. The van der Waals surface area contributed by atoms with Gasteiger partial charge in [-0.1, -0.05) is 0 Å². The highest BCUT2D eigenvalue weighted by Crippen LogP contribution is 2.21. The quantitative estimate of drug-likeness (QED) is 0.527. The molecule has 62 valence electrons. The van der Waals surface area contributed by atoms with Crippen LogP contribution in [0.5, 0.6) is 0 Å². The Kier molecular flexibility index (Phi) is 2.94. The molecule has 0 N–H and O–H groups in total. The molecule has 0 radical (unpaired) electrons. The van der Waals surface area contributed by atoms with Gasteiger partial charge < -0.3 is 0 Å². The van der Waals surface area contributed by atoms with Crippen LogP contribution in [0.15, 0.2) is 12.1 Å². The molecule has 0 saturated carbocycles. The summed E-state index contributed by atoms with van der Waals surface area (Å²) in [6.45, 7) is 1.91. The Morgan fingerprint density at radius 2 is 2.17 bits per heavy atom. The van der Waals surface area contributed by atoms with Crippen molar-refractivity contribution in [2.75, 3.05) is 0 Å². The third-order valence-corrected chi connectivity index (χ3v) is 2.55. The van der Waals surface area contributed by atoms with Crippen molar-refractivity contribution in [1.29, 1.82) is 0 Å². The minimum atomic E-state index is 0.693. The molecule has 12 heavy (non-hydrogen) atoms. The summed E-state index contributed by atoms with van der Waals surface area (Å²) in [5.74, 6) is 0. The molecule has 0 saturated heterocycles. The van der Waals surface area contributed by atoms with Gasteiger partial charge in [-0.3, -0.25) is 9.59 Å². The van der Waals surface area contributed by atoms with Gasteiger partial charge in [0.2, 0.25) is 0 Å². The Morgan fingerprint density at radius 3 is 2.67 bits per heavy atom. The lowest BCUT2D eigenvalue weighted by Crippen LogP contribution is -1.67. The molecular formula is C9H8O2S. The third-order valence-electron chi connectivity index (χ3n) is 1.42. The normalized spacial score (nSPS) is 10.4. The molecule has 0 fully saturated rings. The molecule has 0 aliphatic carbocycles. The van der Waals surface area contributed by atoms with Gasteiger partial charge in [-0.05, 0) is 30.7 Å². The van der Waals surface area contributed by atoms with Crippen molar-refractivity contribution in [3.8, 4) is 0 Å². The molecule has 0 bridgehead atoms. The highest BCUT2D eigenvalue weighted by atomic mass is 32.1. The second-order valence-corrected chi connectivity index (χ2v) is 3.42. The Morgan fingerprint density at radius 1 is 1.42 bits per heavy atom. The Hall–Kier alpha value is -1.22. The van der Waals surface area contributed by atoms with Gasteiger partial charge in [0.15, 0.2) is 6.29 Å². The Bertz CT molecular complexity index is 323. The van der Waals surface area contributed by atoms with Crippen LogP contribution in [0.4, 0.5) is 0 Å². The van der Waals surface area contributed by atoms with Crippen LogP contribution >= 0.6 is 11.3 Å². The van der Waals surface area contributed by atoms with Crippen molar-refractivity contribution in [1.82, 2.24) is 0 Å². The maximum Gasteiger partial charge on any atom is 0.160 e. The van der Waals surface area contributed by atoms with Gasteiger partial charge in [0, 0.05) is 4.88 Å². The van der Waals surface area contributed by atoms with E-state index in [2.05, 4.69) is 0 Å². The molecule has 3 heteroatoms. The van der Waals surface area contributed by atoms with Gasteiger partial charge in [-0.15, -0.1) is 11.3 Å². The van der Waals surface area contributed by atoms with Gasteiger partial charge in [0.05, 0.1) is 4.88 Å². The highest BCUT2D eigenvalue weighted by Gasteiger charge is 2.00. The van der Waals surface area contributed by atoms with Gasteiger partial charge in [0.25, 0.3) is 0 Å². The minimum absolute atomic E-state index is 0.693. The standard InChI is InChI=1S/C9H8O2S/c1-7-5-8(6-11)12-9(7)3-2-4-10/h2-6H,1H3. The topological polar surface area (TPSA) is 34.1 Å². The number of hydrogen-bond donors (Lipinski definition) is 0. The second-order valence-electron chi connectivity index (χ2n) is 2.31. The average molecular weight is 180 g/mol. The van der Waals surface area contributed by atoms with Crippen LogP contribution in [0.2, 0.25) is 0 Å². The zero-order valence-electron chi connectivity index (χ0n) is 6.61. The molecule has 0 aromatic carbocycles. The van der Waals surface area contributed by atoms with Crippen molar-refractivity contribution >= 4 is 30.0 Å². The van der Waals surface area contributed by atoms with E-state index in [9.17, 15) is 9.59 Å². The molecule has 0 amide bonds. The van der Waals surface area contributed by atoms with Gasteiger partial charge in [0.1, 0.15) is 6.29 Å². The van der Waals surface area contributed by atoms with Gasteiger partial charge in [-0.2, -0.15) is 0 Å².